The van der Waals surface area contributed by atoms with Gasteiger partial charge in [0.2, 0.25) is 0 Å². The summed E-state index contributed by atoms with van der Waals surface area (Å²) in [5.41, 5.74) is -1.24. The van der Waals surface area contributed by atoms with Crippen LogP contribution in [0.25, 0.3) is 10.9 Å². The van der Waals surface area contributed by atoms with Crippen LogP contribution in [0.1, 0.15) is 24.8 Å². The molecule has 1 aliphatic rings. The van der Waals surface area contributed by atoms with Crippen LogP contribution in [0.2, 0.25) is 2.82 Å². The number of amides is 1. The van der Waals surface area contributed by atoms with E-state index in [4.69, 9.17) is 16.5 Å². The Morgan fingerprint density at radius 3 is 3.24 bits per heavy atom. The number of alkyl carbamates (subject to hydrolysis) is 1. The third-order valence-corrected chi connectivity index (χ3v) is 2.68. The average Bonchev–Trinajstić information content (AvgIpc) is 3.12. The molecule has 1 fully saturated rings. The summed E-state index contributed by atoms with van der Waals surface area (Å²) in [7, 11) is 2.60. The standard InChI is InChI=1S/C16H21N3O2/c1-19(2)6-5-12-9-17-15-4-3-11(8-14(12)15)7-13-10-21-16(20)18-13/h3-4,8-9,13,17H,5-7,10H2,1-2H3,(H,18,20)/t13-/m0/s1/i3D,4D,5D2,6D2,8D,10D2,13D/hD2. The average molecular weight is 299 g/mol. The first kappa shape index (κ1) is 5.65. The molecule has 112 valence electrons. The van der Waals surface area contributed by atoms with Gasteiger partial charge in [0.25, 0.3) is 0 Å². The Labute approximate surface area is 141 Å². The molecule has 0 radical (unpaired) electrons. The number of hydrogen-bond acceptors (Lipinski definition) is 3. The number of nitrogens with zero attached hydrogens (tertiary/aromatic N) is 1. The number of rotatable bonds is 5. The number of nitrogens with one attached hydrogen (secondary N) is 2. The van der Waals surface area contributed by atoms with E-state index in [-0.39, 0.29) is 16.2 Å². The Morgan fingerprint density at radius 1 is 1.67 bits per heavy atom. The highest BCUT2D eigenvalue weighted by atomic mass is 16.6. The van der Waals surface area contributed by atoms with Gasteiger partial charge in [-0.3, -0.25) is 0 Å². The van der Waals surface area contributed by atoms with Crippen LogP contribution < -0.4 is 5.31 Å². The van der Waals surface area contributed by atoms with Gasteiger partial charge in [0.05, 0.1) is 14.2 Å². The van der Waals surface area contributed by atoms with Gasteiger partial charge in [-0.15, -0.1) is 0 Å². The summed E-state index contributed by atoms with van der Waals surface area (Å²) in [4.78, 5) is 13.2. The van der Waals surface area contributed by atoms with Gasteiger partial charge >= 0.3 is 6.09 Å². The van der Waals surface area contributed by atoms with Crippen LogP contribution >= 0.6 is 0 Å². The number of benzene rings is 1. The molecule has 5 nitrogen and oxygen atoms in total. The van der Waals surface area contributed by atoms with Gasteiger partial charge in [-0.1, -0.05) is 6.04 Å². The summed E-state index contributed by atoms with van der Waals surface area (Å²) in [6.45, 7) is -5.61. The van der Waals surface area contributed by atoms with E-state index >= 15 is 0 Å². The molecule has 2 aromatic rings. The monoisotopic (exact) mass is 299 g/mol. The van der Waals surface area contributed by atoms with E-state index in [1.54, 1.807) is 0 Å². The molecule has 1 aromatic heterocycles. The van der Waals surface area contributed by atoms with Gasteiger partial charge in [-0.05, 0) is 50.1 Å². The highest BCUT2D eigenvalue weighted by Gasteiger charge is 2.22. The van der Waals surface area contributed by atoms with Crippen LogP contribution in [-0.4, -0.2) is 49.1 Å². The number of ether oxygens (including phenoxy) is 1. The number of hydrogen-bond donors (Lipinski definition) is 2. The van der Waals surface area contributed by atoms with Crippen LogP contribution in [0.15, 0.2) is 24.3 Å². The SMILES string of the molecule is [2H]c1c(C[C@]2([2H])N([2H])C(=O)OC2([2H])[2H])c([2H])c2c(C([2H])([2H])C([2H])([2H])N(C)C)cn([2H])c2c1[2H]. The predicted octanol–water partition coefficient (Wildman–Crippen LogP) is 1.92. The number of aromatic nitrogens is 1. The molecule has 1 saturated heterocycles. The minimum atomic E-state index is -3.00. The van der Waals surface area contributed by atoms with Crippen molar-refractivity contribution in [2.24, 2.45) is 0 Å². The second kappa shape index (κ2) is 5.77. The molecule has 0 unspecified atom stereocenters. The van der Waals surface area contributed by atoms with Crippen molar-refractivity contribution in [2.45, 2.75) is 18.8 Å². The molecular weight excluding hydrogens is 266 g/mol. The molecule has 1 atom stereocenters. The maximum absolute atomic E-state index is 11.7. The first-order chi connectivity index (χ1) is 14.8. The molecule has 2 N–H and O–H groups in total. The Morgan fingerprint density at radius 2 is 2.52 bits per heavy atom. The maximum atomic E-state index is 11.7. The normalized spacial score (nSPS) is 34.2. The topological polar surface area (TPSA) is 57.4 Å². The van der Waals surface area contributed by atoms with Crippen molar-refractivity contribution in [3.05, 3.63) is 35.5 Å². The molecule has 5 heteroatoms. The minimum absolute atomic E-state index is 0.0692. The number of carbonyl (C=O) groups excluding carboxylic acids is 1. The number of aromatic amines is 1. The number of aryl methyl sites for hydroxylation is 1. The van der Waals surface area contributed by atoms with E-state index in [1.807, 2.05) is 0 Å². The Hall–Kier alpha value is -2.01. The molecule has 0 aliphatic carbocycles. The fourth-order valence-corrected chi connectivity index (χ4v) is 1.78. The second-order valence-electron chi connectivity index (χ2n) is 4.59. The summed E-state index contributed by atoms with van der Waals surface area (Å²) in [6, 6.07) is -4.67. The second-order valence-corrected chi connectivity index (χ2v) is 4.59. The fraction of sp³-hybridized carbons (Fsp3) is 0.438. The zero-order valence-corrected chi connectivity index (χ0v) is 11.4. The van der Waals surface area contributed by atoms with E-state index in [1.165, 1.54) is 14.1 Å². The van der Waals surface area contributed by atoms with Crippen molar-refractivity contribution < 1.29 is 26.1 Å². The van der Waals surface area contributed by atoms with Gasteiger partial charge in [-0.2, -0.15) is 0 Å². The van der Waals surface area contributed by atoms with Crippen molar-refractivity contribution in [3.8, 4) is 0 Å². The van der Waals surface area contributed by atoms with Crippen LogP contribution in [0.5, 0.6) is 0 Å². The van der Waals surface area contributed by atoms with Gasteiger partial charge < -0.3 is 19.9 Å². The van der Waals surface area contributed by atoms with E-state index < -0.39 is 67.2 Å². The summed E-state index contributed by atoms with van der Waals surface area (Å²) in [5, 5.41) is -0.428. The van der Waals surface area contributed by atoms with Gasteiger partial charge in [0.15, 0.2) is 2.82 Å². The molecule has 21 heavy (non-hydrogen) atoms. The lowest BCUT2D eigenvalue weighted by atomic mass is 10.0. The molecule has 1 amide bonds. The van der Waals surface area contributed by atoms with Crippen molar-refractivity contribution in [1.29, 1.82) is 0 Å². The Balaban J connectivity index is 2.33. The van der Waals surface area contributed by atoms with Crippen LogP contribution in [-0.2, 0) is 17.5 Å². The predicted molar refractivity (Wildman–Crippen MR) is 82.5 cm³/mol. The van der Waals surface area contributed by atoms with Crippen molar-refractivity contribution >= 4 is 17.0 Å². The van der Waals surface area contributed by atoms with Crippen molar-refractivity contribution in [3.63, 3.8) is 0 Å². The highest BCUT2D eigenvalue weighted by molar-refractivity contribution is 5.84. The van der Waals surface area contributed by atoms with Crippen molar-refractivity contribution in [2.75, 3.05) is 27.2 Å². The molecule has 0 saturated carbocycles. The zero-order valence-electron chi connectivity index (χ0n) is 23.4. The molecule has 1 aliphatic heterocycles. The zero-order chi connectivity index (χ0) is 25.5. The molecule has 0 bridgehead atoms. The van der Waals surface area contributed by atoms with Crippen molar-refractivity contribution in [1.82, 2.24) is 15.2 Å². The molecule has 2 heterocycles. The third kappa shape index (κ3) is 3.19. The van der Waals surface area contributed by atoms with E-state index in [0.29, 0.717) is 4.98 Å². The molecule has 1 aromatic carbocycles. The molecule has 0 spiro atoms. The maximum Gasteiger partial charge on any atom is 0.407 e. The highest BCUT2D eigenvalue weighted by Crippen LogP contribution is 2.21. The van der Waals surface area contributed by atoms with Gasteiger partial charge in [0.1, 0.15) is 6.56 Å². The number of carbonyl (C=O) groups is 1. The fourth-order valence-electron chi connectivity index (χ4n) is 1.78. The van der Waals surface area contributed by atoms with E-state index in [0.717, 1.165) is 11.1 Å². The minimum Gasteiger partial charge on any atom is -0.447 e. The molecular formula is C16H21N3O2. The molecule has 3 rings (SSSR count). The van der Waals surface area contributed by atoms with E-state index in [2.05, 4.69) is 4.74 Å². The third-order valence-electron chi connectivity index (χ3n) is 2.68. The summed E-state index contributed by atoms with van der Waals surface area (Å²) >= 11 is 0. The van der Waals surface area contributed by atoms with Crippen LogP contribution in [0.4, 0.5) is 4.79 Å². The lowest BCUT2D eigenvalue weighted by Crippen LogP contribution is -2.28. The summed E-state index contributed by atoms with van der Waals surface area (Å²) < 4.78 is 103. The Kier molecular flexibility index (Phi) is 1.55. The Bertz CT molecular complexity index is 1150. The van der Waals surface area contributed by atoms with E-state index in [9.17, 15) is 4.79 Å². The first-order valence-electron chi connectivity index (χ1n) is 12.0. The summed E-state index contributed by atoms with van der Waals surface area (Å²) in [6.07, 6.45) is -4.26. The number of likely N-dealkylation sites (N-methyl/N-ethyl adjacent to an activating group) is 1. The summed E-state index contributed by atoms with van der Waals surface area (Å²) in [5.74, 6) is 0. The smallest absolute Gasteiger partial charge is 0.407 e. The number of cyclic esters (lactones) is 1. The van der Waals surface area contributed by atoms with Gasteiger partial charge in [-0.25, -0.2) is 4.79 Å². The largest absolute Gasteiger partial charge is 0.447 e. The number of fused-ring (bicyclic) bond motifs is 1. The van der Waals surface area contributed by atoms with Crippen LogP contribution in [0, 0.1) is 0 Å². The lowest BCUT2D eigenvalue weighted by molar-refractivity contribution is 0.177. The quantitative estimate of drug-likeness (QED) is 0.887. The van der Waals surface area contributed by atoms with Crippen LogP contribution in [0.3, 0.4) is 0 Å². The van der Waals surface area contributed by atoms with Gasteiger partial charge in [0, 0.05) is 29.1 Å². The first-order valence-corrected chi connectivity index (χ1v) is 6.16. The lowest BCUT2D eigenvalue weighted by Gasteiger charge is -2.09. The number of H-pyrrole nitrogens is 1.